The standard InChI is InChI=1S/C18H26FN3O3.2ClH/c1-24-16-12-14(19)2-3-15(16)21-6-8-22(9-7-21)18(23)17(20)13-4-10-25-11-5-13;;/h2-3,12-13,17H,4-11,20H2,1H3;2*1H. The van der Waals surface area contributed by atoms with Crippen LogP contribution in [0.25, 0.3) is 0 Å². The number of methoxy groups -OCH3 is 1. The maximum absolute atomic E-state index is 13.4. The zero-order chi connectivity index (χ0) is 17.8. The number of carbonyl (C=O) groups is 1. The molecule has 2 saturated heterocycles. The van der Waals surface area contributed by atoms with Crippen molar-refractivity contribution in [1.82, 2.24) is 4.90 Å². The number of nitrogens with two attached hydrogens (primary N) is 1. The van der Waals surface area contributed by atoms with Crippen molar-refractivity contribution in [2.24, 2.45) is 11.7 Å². The van der Waals surface area contributed by atoms with Crippen LogP contribution < -0.4 is 15.4 Å². The zero-order valence-corrected chi connectivity index (χ0v) is 17.1. The minimum atomic E-state index is -0.448. The summed E-state index contributed by atoms with van der Waals surface area (Å²) < 4.78 is 24.0. The van der Waals surface area contributed by atoms with Crippen LogP contribution >= 0.6 is 24.8 Å². The molecular formula is C18H28Cl2FN3O3. The van der Waals surface area contributed by atoms with Gasteiger partial charge >= 0.3 is 0 Å². The van der Waals surface area contributed by atoms with Crippen molar-refractivity contribution >= 4 is 36.4 Å². The molecule has 0 saturated carbocycles. The maximum atomic E-state index is 13.4. The summed E-state index contributed by atoms with van der Waals surface area (Å²) in [6, 6.07) is 4.08. The molecule has 3 rings (SSSR count). The molecule has 2 fully saturated rings. The Balaban J connectivity index is 0.00000182. The third-order valence-electron chi connectivity index (χ3n) is 5.13. The van der Waals surface area contributed by atoms with Crippen molar-refractivity contribution in [3.8, 4) is 5.75 Å². The van der Waals surface area contributed by atoms with Crippen LogP contribution in [0, 0.1) is 11.7 Å². The number of ether oxygens (including phenoxy) is 2. The summed E-state index contributed by atoms with van der Waals surface area (Å²) in [6.45, 7) is 3.93. The van der Waals surface area contributed by atoms with E-state index in [1.165, 1.54) is 19.2 Å². The van der Waals surface area contributed by atoms with Gasteiger partial charge in [0.1, 0.15) is 11.6 Å². The number of anilines is 1. The molecule has 2 aliphatic heterocycles. The molecule has 1 unspecified atom stereocenters. The summed E-state index contributed by atoms with van der Waals surface area (Å²) in [6.07, 6.45) is 1.69. The Morgan fingerprint density at radius 1 is 1.22 bits per heavy atom. The summed E-state index contributed by atoms with van der Waals surface area (Å²) in [5.41, 5.74) is 7.06. The number of rotatable bonds is 4. The van der Waals surface area contributed by atoms with E-state index in [2.05, 4.69) is 4.90 Å². The molecule has 6 nitrogen and oxygen atoms in total. The number of nitrogens with zero attached hydrogens (tertiary/aromatic N) is 2. The van der Waals surface area contributed by atoms with Gasteiger partial charge in [-0.2, -0.15) is 0 Å². The van der Waals surface area contributed by atoms with Crippen molar-refractivity contribution in [2.75, 3.05) is 51.4 Å². The van der Waals surface area contributed by atoms with E-state index < -0.39 is 6.04 Å². The van der Waals surface area contributed by atoms with Crippen molar-refractivity contribution in [1.29, 1.82) is 0 Å². The third-order valence-corrected chi connectivity index (χ3v) is 5.13. The number of carbonyl (C=O) groups excluding carboxylic acids is 1. The van der Waals surface area contributed by atoms with E-state index in [1.54, 1.807) is 6.07 Å². The fourth-order valence-electron chi connectivity index (χ4n) is 3.57. The lowest BCUT2D eigenvalue weighted by Gasteiger charge is -2.39. The summed E-state index contributed by atoms with van der Waals surface area (Å²) in [4.78, 5) is 16.6. The fraction of sp³-hybridized carbons (Fsp3) is 0.611. The van der Waals surface area contributed by atoms with E-state index in [0.717, 1.165) is 18.5 Å². The largest absolute Gasteiger partial charge is 0.494 e. The summed E-state index contributed by atoms with van der Waals surface area (Å²) in [7, 11) is 1.53. The summed E-state index contributed by atoms with van der Waals surface area (Å²) in [5.74, 6) is 0.421. The minimum absolute atomic E-state index is 0. The normalized spacial score (nSPS) is 18.9. The van der Waals surface area contributed by atoms with Gasteiger partial charge < -0.3 is 25.0 Å². The van der Waals surface area contributed by atoms with Crippen LogP contribution in [0.1, 0.15) is 12.8 Å². The van der Waals surface area contributed by atoms with E-state index in [9.17, 15) is 9.18 Å². The first-order chi connectivity index (χ1) is 12.1. The quantitative estimate of drug-likeness (QED) is 0.802. The van der Waals surface area contributed by atoms with Gasteiger partial charge in [-0.25, -0.2) is 4.39 Å². The fourth-order valence-corrected chi connectivity index (χ4v) is 3.57. The van der Waals surface area contributed by atoms with Gasteiger partial charge in [0.2, 0.25) is 5.91 Å². The topological polar surface area (TPSA) is 68.0 Å². The second-order valence-corrected chi connectivity index (χ2v) is 6.60. The van der Waals surface area contributed by atoms with Crippen LogP contribution in [0.3, 0.4) is 0 Å². The molecule has 0 aromatic heterocycles. The van der Waals surface area contributed by atoms with Crippen LogP contribution in [0.5, 0.6) is 5.75 Å². The third kappa shape index (κ3) is 5.60. The highest BCUT2D eigenvalue weighted by Gasteiger charge is 2.31. The van der Waals surface area contributed by atoms with Gasteiger partial charge in [0, 0.05) is 45.5 Å². The molecule has 27 heavy (non-hydrogen) atoms. The van der Waals surface area contributed by atoms with Gasteiger partial charge in [-0.05, 0) is 30.9 Å². The van der Waals surface area contributed by atoms with Gasteiger partial charge in [0.05, 0.1) is 18.8 Å². The average Bonchev–Trinajstić information content (AvgIpc) is 2.67. The highest BCUT2D eigenvalue weighted by molar-refractivity contribution is 5.85. The first-order valence-corrected chi connectivity index (χ1v) is 8.80. The van der Waals surface area contributed by atoms with Gasteiger partial charge in [-0.3, -0.25) is 4.79 Å². The predicted octanol–water partition coefficient (Wildman–Crippen LogP) is 2.08. The Hall–Kier alpha value is -1.28. The Morgan fingerprint density at radius 3 is 2.44 bits per heavy atom. The number of amides is 1. The molecule has 9 heteroatoms. The van der Waals surface area contributed by atoms with Crippen LogP contribution in [-0.4, -0.2) is 63.4 Å². The predicted molar refractivity (Wildman–Crippen MR) is 108 cm³/mol. The van der Waals surface area contributed by atoms with Gasteiger partial charge in [-0.1, -0.05) is 0 Å². The molecule has 0 radical (unpaired) electrons. The second kappa shape index (κ2) is 10.9. The summed E-state index contributed by atoms with van der Waals surface area (Å²) >= 11 is 0. The van der Waals surface area contributed by atoms with E-state index in [0.29, 0.717) is 45.1 Å². The molecule has 1 aromatic carbocycles. The molecule has 0 bridgehead atoms. The molecule has 2 heterocycles. The van der Waals surface area contributed by atoms with Crippen molar-refractivity contribution in [3.05, 3.63) is 24.0 Å². The molecule has 1 atom stereocenters. The molecule has 1 aromatic rings. The second-order valence-electron chi connectivity index (χ2n) is 6.60. The zero-order valence-electron chi connectivity index (χ0n) is 15.4. The highest BCUT2D eigenvalue weighted by atomic mass is 35.5. The lowest BCUT2D eigenvalue weighted by molar-refractivity contribution is -0.135. The lowest BCUT2D eigenvalue weighted by Crippen LogP contribution is -2.55. The average molecular weight is 424 g/mol. The highest BCUT2D eigenvalue weighted by Crippen LogP contribution is 2.30. The minimum Gasteiger partial charge on any atom is -0.494 e. The van der Waals surface area contributed by atoms with Crippen LogP contribution in [0.2, 0.25) is 0 Å². The first kappa shape index (κ1) is 23.8. The van der Waals surface area contributed by atoms with Crippen LogP contribution in [-0.2, 0) is 9.53 Å². The number of hydrogen-bond donors (Lipinski definition) is 1. The molecular weight excluding hydrogens is 396 g/mol. The Kier molecular flexibility index (Phi) is 9.59. The number of benzene rings is 1. The maximum Gasteiger partial charge on any atom is 0.239 e. The molecule has 1 amide bonds. The summed E-state index contributed by atoms with van der Waals surface area (Å²) in [5, 5.41) is 0. The number of piperazine rings is 1. The monoisotopic (exact) mass is 423 g/mol. The Morgan fingerprint density at radius 2 is 1.85 bits per heavy atom. The van der Waals surface area contributed by atoms with Crippen molar-refractivity contribution in [2.45, 2.75) is 18.9 Å². The van der Waals surface area contributed by atoms with Gasteiger partial charge in [0.15, 0.2) is 0 Å². The van der Waals surface area contributed by atoms with E-state index in [-0.39, 0.29) is 42.5 Å². The van der Waals surface area contributed by atoms with Crippen molar-refractivity contribution < 1.29 is 18.7 Å². The van der Waals surface area contributed by atoms with E-state index in [4.69, 9.17) is 15.2 Å². The molecule has 2 N–H and O–H groups in total. The van der Waals surface area contributed by atoms with Crippen LogP contribution in [0.15, 0.2) is 18.2 Å². The molecule has 2 aliphatic rings. The van der Waals surface area contributed by atoms with Crippen molar-refractivity contribution in [3.63, 3.8) is 0 Å². The number of hydrogen-bond acceptors (Lipinski definition) is 5. The Bertz CT molecular complexity index is 610. The molecule has 0 aliphatic carbocycles. The lowest BCUT2D eigenvalue weighted by atomic mass is 9.91. The Labute approximate surface area is 172 Å². The SMILES string of the molecule is COc1cc(F)ccc1N1CCN(C(=O)C(N)C2CCOCC2)CC1.Cl.Cl. The van der Waals surface area contributed by atoms with Gasteiger partial charge in [0.25, 0.3) is 0 Å². The number of halogens is 3. The smallest absolute Gasteiger partial charge is 0.239 e. The molecule has 0 spiro atoms. The van der Waals surface area contributed by atoms with E-state index >= 15 is 0 Å². The van der Waals surface area contributed by atoms with E-state index in [1.807, 2.05) is 4.90 Å². The molecule has 154 valence electrons. The van der Waals surface area contributed by atoms with Crippen LogP contribution in [0.4, 0.5) is 10.1 Å². The first-order valence-electron chi connectivity index (χ1n) is 8.80. The van der Waals surface area contributed by atoms with Gasteiger partial charge in [-0.15, -0.1) is 24.8 Å².